The molecule has 2 aromatic carbocycles. The number of hydrogen-bond acceptors (Lipinski definition) is 2. The molecule has 21 heavy (non-hydrogen) atoms. The summed E-state index contributed by atoms with van der Waals surface area (Å²) in [6.07, 6.45) is 0. The lowest BCUT2D eigenvalue weighted by Crippen LogP contribution is -2.33. The van der Waals surface area contributed by atoms with Gasteiger partial charge in [-0.15, -0.1) is 0 Å². The first-order valence-corrected chi connectivity index (χ1v) is 6.93. The number of carbonyl (C=O) groups is 1. The zero-order valence-corrected chi connectivity index (χ0v) is 12.5. The molecule has 2 rings (SSSR count). The predicted molar refractivity (Wildman–Crippen MR) is 85.9 cm³/mol. The molecule has 2 aromatic rings. The summed E-state index contributed by atoms with van der Waals surface area (Å²) in [7, 11) is 0. The minimum absolute atomic E-state index is 0.0549. The molecule has 0 fully saturated rings. The third-order valence-electron chi connectivity index (χ3n) is 2.68. The van der Waals surface area contributed by atoms with Crippen LogP contribution in [0.25, 0.3) is 0 Å². The summed E-state index contributed by atoms with van der Waals surface area (Å²) < 4.78 is 13.0. The first-order valence-electron chi connectivity index (χ1n) is 6.14. The van der Waals surface area contributed by atoms with Crippen LogP contribution in [0.1, 0.15) is 5.56 Å². The average Bonchev–Trinajstić information content (AvgIpc) is 2.49. The molecule has 0 aromatic heterocycles. The van der Waals surface area contributed by atoms with E-state index in [9.17, 15) is 9.18 Å². The van der Waals surface area contributed by atoms with Crippen molar-refractivity contribution in [2.45, 2.75) is 6.54 Å². The normalized spacial score (nSPS) is 10.0. The first kappa shape index (κ1) is 15.4. The van der Waals surface area contributed by atoms with Crippen LogP contribution in [-0.4, -0.2) is 10.9 Å². The largest absolute Gasteiger partial charge is 0.368 e. The van der Waals surface area contributed by atoms with Crippen LogP contribution >= 0.6 is 23.8 Å². The van der Waals surface area contributed by atoms with Gasteiger partial charge in [0.2, 0.25) is 0 Å². The predicted octanol–water partition coefficient (Wildman–Crippen LogP) is 3.53. The lowest BCUT2D eigenvalue weighted by molar-refractivity contribution is -0.110. The molecule has 0 aliphatic heterocycles. The Balaban J connectivity index is 1.90. The minimum atomic E-state index is -0.542. The lowest BCUT2D eigenvalue weighted by Gasteiger charge is -2.09. The number of halogens is 2. The van der Waals surface area contributed by atoms with Crippen molar-refractivity contribution in [3.8, 4) is 0 Å². The Kier molecular flexibility index (Phi) is 5.25. The monoisotopic (exact) mass is 322 g/mol. The molecule has 2 N–H and O–H groups in total. The van der Waals surface area contributed by atoms with E-state index in [1.165, 1.54) is 18.2 Å². The highest BCUT2D eigenvalue weighted by Gasteiger charge is 2.10. The fourth-order valence-corrected chi connectivity index (χ4v) is 1.92. The van der Waals surface area contributed by atoms with Crippen molar-refractivity contribution in [2.24, 2.45) is 0 Å². The second kappa shape index (κ2) is 7.15. The van der Waals surface area contributed by atoms with Crippen LogP contribution in [0, 0.1) is 5.82 Å². The topological polar surface area (TPSA) is 41.1 Å². The second-order valence-electron chi connectivity index (χ2n) is 4.25. The molecule has 0 atom stereocenters. The van der Waals surface area contributed by atoms with Gasteiger partial charge in [-0.25, -0.2) is 4.39 Å². The summed E-state index contributed by atoms with van der Waals surface area (Å²) in [5, 5.41) is 5.35. The molecule has 0 spiro atoms. The summed E-state index contributed by atoms with van der Waals surface area (Å²) in [5.41, 5.74) is 1.40. The van der Waals surface area contributed by atoms with Gasteiger partial charge in [0.15, 0.2) is 4.99 Å². The maximum atomic E-state index is 13.0. The molecule has 108 valence electrons. The Morgan fingerprint density at radius 1 is 1.19 bits per heavy atom. The molecular weight excluding hydrogens is 311 g/mol. The maximum absolute atomic E-state index is 13.0. The smallest absolute Gasteiger partial charge is 0.283 e. The number of nitrogens with one attached hydrogen (secondary N) is 2. The molecule has 3 nitrogen and oxygen atoms in total. The SMILES string of the molecule is O=C(Nc1ccc(F)c(Cl)c1)C(=S)NCc1ccccc1. The number of hydrogen-bond donors (Lipinski definition) is 2. The first-order chi connectivity index (χ1) is 10.1. The van der Waals surface area contributed by atoms with Gasteiger partial charge >= 0.3 is 0 Å². The van der Waals surface area contributed by atoms with Crippen LogP contribution in [0.3, 0.4) is 0 Å². The molecule has 0 bridgehead atoms. The zero-order chi connectivity index (χ0) is 15.2. The van der Waals surface area contributed by atoms with E-state index in [4.69, 9.17) is 23.8 Å². The molecule has 0 radical (unpaired) electrons. The number of benzene rings is 2. The van der Waals surface area contributed by atoms with Gasteiger partial charge in [-0.1, -0.05) is 54.2 Å². The summed E-state index contributed by atoms with van der Waals surface area (Å²) in [5.74, 6) is -1.01. The molecule has 0 unspecified atom stereocenters. The Labute approximate surface area is 132 Å². The van der Waals surface area contributed by atoms with Gasteiger partial charge in [-0.2, -0.15) is 0 Å². The molecule has 0 aliphatic carbocycles. The van der Waals surface area contributed by atoms with Crippen molar-refractivity contribution >= 4 is 40.4 Å². The van der Waals surface area contributed by atoms with Crippen LogP contribution in [0.4, 0.5) is 10.1 Å². The Morgan fingerprint density at radius 2 is 1.90 bits per heavy atom. The van der Waals surface area contributed by atoms with Crippen molar-refractivity contribution in [3.63, 3.8) is 0 Å². The molecule has 0 saturated carbocycles. The van der Waals surface area contributed by atoms with Crippen LogP contribution in [-0.2, 0) is 11.3 Å². The molecule has 0 heterocycles. The summed E-state index contributed by atoms with van der Waals surface area (Å²) in [4.78, 5) is 11.9. The van der Waals surface area contributed by atoms with Crippen LogP contribution in [0.15, 0.2) is 48.5 Å². The zero-order valence-electron chi connectivity index (χ0n) is 10.9. The highest BCUT2D eigenvalue weighted by Crippen LogP contribution is 2.19. The summed E-state index contributed by atoms with van der Waals surface area (Å²) in [6, 6.07) is 13.5. The van der Waals surface area contributed by atoms with Crippen molar-refractivity contribution in [3.05, 3.63) is 64.9 Å². The van der Waals surface area contributed by atoms with Crippen molar-refractivity contribution in [2.75, 3.05) is 5.32 Å². The number of thiocarbonyl (C=S) groups is 1. The van der Waals surface area contributed by atoms with Gasteiger partial charge in [-0.3, -0.25) is 4.79 Å². The van der Waals surface area contributed by atoms with E-state index in [-0.39, 0.29) is 10.0 Å². The Morgan fingerprint density at radius 3 is 2.57 bits per heavy atom. The van der Waals surface area contributed by atoms with Crippen LogP contribution < -0.4 is 10.6 Å². The maximum Gasteiger partial charge on any atom is 0.283 e. The van der Waals surface area contributed by atoms with Crippen LogP contribution in [0.2, 0.25) is 5.02 Å². The molecule has 6 heteroatoms. The van der Waals surface area contributed by atoms with Gasteiger partial charge in [0.25, 0.3) is 5.91 Å². The third kappa shape index (κ3) is 4.51. The van der Waals surface area contributed by atoms with Gasteiger partial charge in [0, 0.05) is 12.2 Å². The van der Waals surface area contributed by atoms with E-state index in [0.29, 0.717) is 12.2 Å². The molecule has 0 aliphatic rings. The standard InChI is InChI=1S/C15H12ClFN2OS/c16-12-8-11(6-7-13(12)17)19-14(20)15(21)18-9-10-4-2-1-3-5-10/h1-8H,9H2,(H,18,21)(H,19,20). The number of rotatable bonds is 3. The number of carbonyl (C=O) groups excluding carboxylic acids is 1. The molecular formula is C15H12ClFN2OS. The van der Waals surface area contributed by atoms with Crippen molar-refractivity contribution in [1.29, 1.82) is 0 Å². The highest BCUT2D eigenvalue weighted by atomic mass is 35.5. The van der Waals surface area contributed by atoms with Gasteiger partial charge < -0.3 is 10.6 Å². The second-order valence-corrected chi connectivity index (χ2v) is 5.07. The van der Waals surface area contributed by atoms with Gasteiger partial charge in [-0.05, 0) is 23.8 Å². The highest BCUT2D eigenvalue weighted by molar-refractivity contribution is 7.82. The third-order valence-corrected chi connectivity index (χ3v) is 3.30. The molecule has 0 saturated heterocycles. The van der Waals surface area contributed by atoms with Gasteiger partial charge in [0.1, 0.15) is 5.82 Å². The minimum Gasteiger partial charge on any atom is -0.368 e. The van der Waals surface area contributed by atoms with E-state index >= 15 is 0 Å². The molecule has 1 amide bonds. The van der Waals surface area contributed by atoms with E-state index in [2.05, 4.69) is 10.6 Å². The van der Waals surface area contributed by atoms with Crippen molar-refractivity contribution < 1.29 is 9.18 Å². The fraction of sp³-hybridized carbons (Fsp3) is 0.0667. The fourth-order valence-electron chi connectivity index (χ4n) is 1.62. The Bertz CT molecular complexity index is 664. The van der Waals surface area contributed by atoms with Gasteiger partial charge in [0.05, 0.1) is 5.02 Å². The summed E-state index contributed by atoms with van der Waals surface area (Å²) in [6.45, 7) is 0.456. The average molecular weight is 323 g/mol. The number of amides is 1. The van der Waals surface area contributed by atoms with E-state index in [1.54, 1.807) is 0 Å². The summed E-state index contributed by atoms with van der Waals surface area (Å²) >= 11 is 10.6. The van der Waals surface area contributed by atoms with Crippen LogP contribution in [0.5, 0.6) is 0 Å². The van der Waals surface area contributed by atoms with E-state index < -0.39 is 11.7 Å². The van der Waals surface area contributed by atoms with E-state index in [0.717, 1.165) is 5.56 Å². The van der Waals surface area contributed by atoms with E-state index in [1.807, 2.05) is 30.3 Å². The van der Waals surface area contributed by atoms with Crippen molar-refractivity contribution in [1.82, 2.24) is 5.32 Å². The quantitative estimate of drug-likeness (QED) is 0.849. The lowest BCUT2D eigenvalue weighted by atomic mass is 10.2. The number of anilines is 1. The Hall–Kier alpha value is -1.98.